The number of piperidine rings is 1. The highest BCUT2D eigenvalue weighted by atomic mass is 16.7. The Bertz CT molecular complexity index is 877. The van der Waals surface area contributed by atoms with Crippen LogP contribution in [0.2, 0.25) is 0 Å². The number of rotatable bonds is 7. The normalized spacial score (nSPS) is 13.9. The maximum atomic E-state index is 12.5. The summed E-state index contributed by atoms with van der Waals surface area (Å²) in [6.45, 7) is 3.04. The van der Waals surface area contributed by atoms with Crippen LogP contribution in [0.3, 0.4) is 0 Å². The molecule has 8 heteroatoms. The molecule has 0 spiro atoms. The van der Waals surface area contributed by atoms with Crippen LogP contribution < -0.4 is 14.8 Å². The van der Waals surface area contributed by atoms with E-state index in [1.54, 1.807) is 36.1 Å². The van der Waals surface area contributed by atoms with Crippen molar-refractivity contribution in [1.82, 2.24) is 10.2 Å². The zero-order valence-electron chi connectivity index (χ0n) is 17.4. The average Bonchev–Trinajstić information content (AvgIpc) is 2.79. The van der Waals surface area contributed by atoms with Crippen LogP contribution in [0.25, 0.3) is 0 Å². The van der Waals surface area contributed by atoms with Gasteiger partial charge in [-0.2, -0.15) is 0 Å². The lowest BCUT2D eigenvalue weighted by Crippen LogP contribution is -2.47. The predicted octanol–water partition coefficient (Wildman–Crippen LogP) is 3.02. The van der Waals surface area contributed by atoms with Crippen molar-refractivity contribution in [3.05, 3.63) is 60.2 Å². The molecule has 1 heterocycles. The largest absolute Gasteiger partial charge is 0.513 e. The van der Waals surface area contributed by atoms with E-state index in [2.05, 4.69) is 5.32 Å². The highest BCUT2D eigenvalue weighted by molar-refractivity contribution is 5.94. The highest BCUT2D eigenvalue weighted by Gasteiger charge is 2.24. The predicted molar refractivity (Wildman–Crippen MR) is 113 cm³/mol. The van der Waals surface area contributed by atoms with E-state index in [0.29, 0.717) is 43.0 Å². The molecule has 3 rings (SSSR count). The zero-order valence-corrected chi connectivity index (χ0v) is 17.4. The third kappa shape index (κ3) is 6.74. The Balaban J connectivity index is 1.41. The van der Waals surface area contributed by atoms with E-state index >= 15 is 0 Å². The molecule has 1 fully saturated rings. The molecule has 1 aliphatic heterocycles. The van der Waals surface area contributed by atoms with Crippen molar-refractivity contribution in [2.45, 2.75) is 25.8 Å². The average molecular weight is 426 g/mol. The minimum atomic E-state index is -0.782. The van der Waals surface area contributed by atoms with Crippen LogP contribution in [0.1, 0.15) is 30.1 Å². The van der Waals surface area contributed by atoms with Gasteiger partial charge in [0.25, 0.3) is 11.8 Å². The number of para-hydroxylation sites is 1. The summed E-state index contributed by atoms with van der Waals surface area (Å²) in [5, 5.41) is 2.99. The second-order valence-electron chi connectivity index (χ2n) is 7.04. The minimum absolute atomic E-state index is 0.00125. The van der Waals surface area contributed by atoms with Gasteiger partial charge in [-0.25, -0.2) is 4.79 Å². The molecule has 164 valence electrons. The minimum Gasteiger partial charge on any atom is -0.484 e. The Morgan fingerprint density at radius 3 is 2.29 bits per heavy atom. The number of nitrogens with zero attached hydrogens (tertiary/aromatic N) is 1. The Morgan fingerprint density at radius 1 is 0.968 bits per heavy atom. The number of hydrogen-bond donors (Lipinski definition) is 1. The summed E-state index contributed by atoms with van der Waals surface area (Å²) in [6.07, 6.45) is 0.565. The van der Waals surface area contributed by atoms with Crippen molar-refractivity contribution in [3.63, 3.8) is 0 Å². The Hall–Kier alpha value is -3.55. The van der Waals surface area contributed by atoms with E-state index in [-0.39, 0.29) is 31.1 Å². The van der Waals surface area contributed by atoms with Gasteiger partial charge in [-0.1, -0.05) is 18.2 Å². The van der Waals surface area contributed by atoms with Gasteiger partial charge in [0.1, 0.15) is 11.5 Å². The molecule has 2 aromatic carbocycles. The quantitative estimate of drug-likeness (QED) is 0.540. The molecule has 0 unspecified atom stereocenters. The number of benzene rings is 2. The molecular formula is C23H26N2O6. The number of carbonyl (C=O) groups is 3. The van der Waals surface area contributed by atoms with Crippen LogP contribution in [-0.4, -0.2) is 55.2 Å². The molecule has 31 heavy (non-hydrogen) atoms. The molecule has 2 aromatic rings. The first-order valence-corrected chi connectivity index (χ1v) is 10.3. The molecule has 0 atom stereocenters. The summed E-state index contributed by atoms with van der Waals surface area (Å²) >= 11 is 0. The smallest absolute Gasteiger partial charge is 0.484 e. The van der Waals surface area contributed by atoms with E-state index in [9.17, 15) is 14.4 Å². The van der Waals surface area contributed by atoms with Gasteiger partial charge in [-0.05, 0) is 56.2 Å². The van der Waals surface area contributed by atoms with Crippen LogP contribution in [-0.2, 0) is 9.53 Å². The van der Waals surface area contributed by atoms with E-state index in [1.165, 1.54) is 0 Å². The SMILES string of the molecule is CCOC(=O)Oc1ccc(C(=O)NC2CCN(C(=O)COc3ccccc3)CC2)cc1. The first-order chi connectivity index (χ1) is 15.0. The first-order valence-electron chi connectivity index (χ1n) is 10.3. The number of carbonyl (C=O) groups excluding carboxylic acids is 3. The van der Waals surface area contributed by atoms with Crippen molar-refractivity contribution in [2.75, 3.05) is 26.3 Å². The van der Waals surface area contributed by atoms with E-state index in [4.69, 9.17) is 14.2 Å². The fraction of sp³-hybridized carbons (Fsp3) is 0.348. The van der Waals surface area contributed by atoms with Gasteiger partial charge in [0.2, 0.25) is 0 Å². The molecular weight excluding hydrogens is 400 g/mol. The molecule has 0 saturated carbocycles. The number of nitrogens with one attached hydrogen (secondary N) is 1. The zero-order chi connectivity index (χ0) is 22.1. The van der Waals surface area contributed by atoms with Gasteiger partial charge in [0.05, 0.1) is 6.61 Å². The van der Waals surface area contributed by atoms with Crippen molar-refractivity contribution >= 4 is 18.0 Å². The van der Waals surface area contributed by atoms with E-state index < -0.39 is 6.16 Å². The third-order valence-electron chi connectivity index (χ3n) is 4.87. The summed E-state index contributed by atoms with van der Waals surface area (Å²) in [6, 6.07) is 15.5. The van der Waals surface area contributed by atoms with E-state index in [1.807, 2.05) is 30.3 Å². The summed E-state index contributed by atoms with van der Waals surface area (Å²) < 4.78 is 15.2. The molecule has 8 nitrogen and oxygen atoms in total. The maximum absolute atomic E-state index is 12.5. The van der Waals surface area contributed by atoms with Crippen LogP contribution in [0, 0.1) is 0 Å². The number of amides is 2. The van der Waals surface area contributed by atoms with Crippen LogP contribution in [0.5, 0.6) is 11.5 Å². The molecule has 0 bridgehead atoms. The van der Waals surface area contributed by atoms with Crippen LogP contribution in [0.4, 0.5) is 4.79 Å². The van der Waals surface area contributed by atoms with Crippen molar-refractivity contribution in [1.29, 1.82) is 0 Å². The molecule has 2 amide bonds. The van der Waals surface area contributed by atoms with Gasteiger partial charge in [-0.3, -0.25) is 9.59 Å². The Kier molecular flexibility index (Phi) is 7.86. The lowest BCUT2D eigenvalue weighted by molar-refractivity contribution is -0.134. The summed E-state index contributed by atoms with van der Waals surface area (Å²) in [5.74, 6) is 0.696. The monoisotopic (exact) mass is 426 g/mol. The van der Waals surface area contributed by atoms with E-state index in [0.717, 1.165) is 0 Å². The topological polar surface area (TPSA) is 94.2 Å². The standard InChI is InChI=1S/C23H26N2O6/c1-2-29-23(28)31-20-10-8-17(9-11-20)22(27)24-18-12-14-25(15-13-18)21(26)16-30-19-6-4-3-5-7-19/h3-11,18H,2,12-16H2,1H3,(H,24,27). The maximum Gasteiger partial charge on any atom is 0.513 e. The van der Waals surface area contributed by atoms with Crippen molar-refractivity contribution < 1.29 is 28.6 Å². The molecule has 0 aromatic heterocycles. The first kappa shape index (κ1) is 22.1. The molecule has 1 aliphatic rings. The highest BCUT2D eigenvalue weighted by Crippen LogP contribution is 2.16. The third-order valence-corrected chi connectivity index (χ3v) is 4.87. The van der Waals surface area contributed by atoms with Gasteiger partial charge >= 0.3 is 6.16 Å². The number of likely N-dealkylation sites (tertiary alicyclic amines) is 1. The van der Waals surface area contributed by atoms with Crippen molar-refractivity contribution in [2.24, 2.45) is 0 Å². The lowest BCUT2D eigenvalue weighted by Gasteiger charge is -2.32. The number of hydrogen-bond acceptors (Lipinski definition) is 6. The van der Waals surface area contributed by atoms with Crippen molar-refractivity contribution in [3.8, 4) is 11.5 Å². The summed E-state index contributed by atoms with van der Waals surface area (Å²) in [4.78, 5) is 37.9. The van der Waals surface area contributed by atoms with Gasteiger partial charge in [-0.15, -0.1) is 0 Å². The van der Waals surface area contributed by atoms with Crippen LogP contribution in [0.15, 0.2) is 54.6 Å². The fourth-order valence-corrected chi connectivity index (χ4v) is 3.21. The lowest BCUT2D eigenvalue weighted by atomic mass is 10.0. The number of ether oxygens (including phenoxy) is 3. The van der Waals surface area contributed by atoms with Gasteiger partial charge in [0, 0.05) is 24.7 Å². The van der Waals surface area contributed by atoms with Gasteiger partial charge < -0.3 is 24.4 Å². The molecule has 1 N–H and O–H groups in total. The Labute approximate surface area is 181 Å². The molecule has 1 saturated heterocycles. The molecule has 0 aliphatic carbocycles. The summed E-state index contributed by atoms with van der Waals surface area (Å²) in [5.41, 5.74) is 0.464. The Morgan fingerprint density at radius 2 is 1.65 bits per heavy atom. The second-order valence-corrected chi connectivity index (χ2v) is 7.04. The fourth-order valence-electron chi connectivity index (χ4n) is 3.21. The molecule has 0 radical (unpaired) electrons. The van der Waals surface area contributed by atoms with Gasteiger partial charge in [0.15, 0.2) is 6.61 Å². The summed E-state index contributed by atoms with van der Waals surface area (Å²) in [7, 11) is 0. The second kappa shape index (κ2) is 11.0. The van der Waals surface area contributed by atoms with Crippen LogP contribution >= 0.6 is 0 Å².